The lowest BCUT2D eigenvalue weighted by Gasteiger charge is -2.21. The van der Waals surface area contributed by atoms with Crippen LogP contribution in [-0.2, 0) is 7.05 Å². The number of anilines is 3. The number of para-hydroxylation sites is 3. The third kappa shape index (κ3) is 2.21. The topological polar surface area (TPSA) is 19.5 Å². The molecule has 112 valence electrons. The average Bonchev–Trinajstić information content (AvgIpc) is 2.74. The van der Waals surface area contributed by atoms with Gasteiger partial charge in [-0.2, -0.15) is 4.90 Å². The summed E-state index contributed by atoms with van der Waals surface area (Å²) in [5.41, 5.74) is 5.62. The first-order chi connectivity index (χ1) is 11.3. The van der Waals surface area contributed by atoms with Gasteiger partial charge in [-0.05, 0) is 36.8 Å². The van der Waals surface area contributed by atoms with Crippen LogP contribution in [0.1, 0.15) is 11.1 Å². The number of hydrogen-bond acceptors (Lipinski definition) is 2. The van der Waals surface area contributed by atoms with Crippen LogP contribution in [0.15, 0.2) is 71.9 Å². The van der Waals surface area contributed by atoms with Gasteiger partial charge in [0.2, 0.25) is 0 Å². The summed E-state index contributed by atoms with van der Waals surface area (Å²) in [4.78, 5) is 7.00. The highest BCUT2D eigenvalue weighted by molar-refractivity contribution is 5.99. The highest BCUT2D eigenvalue weighted by Gasteiger charge is 2.30. The smallest absolute Gasteiger partial charge is 0.252 e. The van der Waals surface area contributed by atoms with Crippen LogP contribution in [0.25, 0.3) is 0 Å². The second kappa shape index (κ2) is 5.36. The molecule has 0 spiro atoms. The fourth-order valence-corrected chi connectivity index (χ4v) is 3.10. The Morgan fingerprint density at radius 3 is 2.61 bits per heavy atom. The van der Waals surface area contributed by atoms with E-state index in [0.717, 1.165) is 22.8 Å². The predicted molar refractivity (Wildman–Crippen MR) is 94.3 cm³/mol. The molecule has 1 aliphatic heterocycles. The quantitative estimate of drug-likeness (QED) is 0.478. The van der Waals surface area contributed by atoms with Gasteiger partial charge < -0.3 is 0 Å². The van der Waals surface area contributed by atoms with Crippen molar-refractivity contribution >= 4 is 29.1 Å². The maximum atomic E-state index is 4.70. The fourth-order valence-electron chi connectivity index (χ4n) is 3.10. The van der Waals surface area contributed by atoms with Crippen molar-refractivity contribution in [3.8, 4) is 0 Å². The van der Waals surface area contributed by atoms with E-state index in [1.807, 2.05) is 18.3 Å². The Kier molecular flexibility index (Phi) is 3.19. The molecule has 0 atom stereocenters. The van der Waals surface area contributed by atoms with Crippen molar-refractivity contribution < 1.29 is 4.57 Å². The second-order valence-electron chi connectivity index (χ2n) is 5.76. The van der Waals surface area contributed by atoms with E-state index in [2.05, 4.69) is 78.2 Å². The van der Waals surface area contributed by atoms with Gasteiger partial charge in [-0.1, -0.05) is 30.3 Å². The molecule has 3 nitrogen and oxygen atoms in total. The van der Waals surface area contributed by atoms with Gasteiger partial charge in [0.25, 0.3) is 5.82 Å². The van der Waals surface area contributed by atoms with Gasteiger partial charge in [0.1, 0.15) is 11.4 Å². The Morgan fingerprint density at radius 2 is 1.74 bits per heavy atom. The first-order valence-corrected chi connectivity index (χ1v) is 7.73. The van der Waals surface area contributed by atoms with Gasteiger partial charge in [-0.25, -0.2) is 4.57 Å². The van der Waals surface area contributed by atoms with Crippen molar-refractivity contribution in [3.05, 3.63) is 78.0 Å². The van der Waals surface area contributed by atoms with E-state index in [-0.39, 0.29) is 0 Å². The van der Waals surface area contributed by atoms with Crippen LogP contribution in [0.5, 0.6) is 0 Å². The number of nitrogens with zero attached hydrogens (tertiary/aromatic N) is 3. The molecule has 0 amide bonds. The number of aliphatic imine (C=N–C) groups is 1. The highest BCUT2D eigenvalue weighted by Crippen LogP contribution is 2.43. The van der Waals surface area contributed by atoms with Crippen molar-refractivity contribution in [2.45, 2.75) is 6.92 Å². The predicted octanol–water partition coefficient (Wildman–Crippen LogP) is 4.35. The molecule has 23 heavy (non-hydrogen) atoms. The number of benzene rings is 2. The van der Waals surface area contributed by atoms with Crippen LogP contribution >= 0.6 is 0 Å². The molecule has 3 aromatic rings. The summed E-state index contributed by atoms with van der Waals surface area (Å²) in [5, 5.41) is 0. The molecular weight excluding hydrogens is 282 g/mol. The number of pyridine rings is 1. The average molecular weight is 300 g/mol. The van der Waals surface area contributed by atoms with Crippen molar-refractivity contribution in [2.24, 2.45) is 12.0 Å². The molecule has 2 heterocycles. The van der Waals surface area contributed by atoms with Crippen LogP contribution < -0.4 is 9.47 Å². The van der Waals surface area contributed by atoms with Crippen LogP contribution in [0.2, 0.25) is 0 Å². The molecule has 0 saturated heterocycles. The summed E-state index contributed by atoms with van der Waals surface area (Å²) < 4.78 is 2.14. The minimum atomic E-state index is 0.979. The third-order valence-electron chi connectivity index (χ3n) is 4.21. The molecular formula is C20H18N3+. The van der Waals surface area contributed by atoms with E-state index in [4.69, 9.17) is 4.99 Å². The zero-order chi connectivity index (χ0) is 15.8. The molecule has 1 aromatic heterocycles. The van der Waals surface area contributed by atoms with Crippen molar-refractivity contribution in [3.63, 3.8) is 0 Å². The van der Waals surface area contributed by atoms with E-state index in [0.29, 0.717) is 0 Å². The Bertz CT molecular complexity index is 912. The maximum absolute atomic E-state index is 4.70. The third-order valence-corrected chi connectivity index (χ3v) is 4.21. The molecule has 3 heteroatoms. The van der Waals surface area contributed by atoms with Crippen molar-refractivity contribution in [1.29, 1.82) is 0 Å². The Labute approximate surface area is 136 Å². The number of aromatic nitrogens is 1. The Morgan fingerprint density at radius 1 is 0.913 bits per heavy atom. The summed E-state index contributed by atoms with van der Waals surface area (Å²) in [5.74, 6) is 1.11. The van der Waals surface area contributed by atoms with E-state index in [1.54, 1.807) is 0 Å². The fraction of sp³-hybridized carbons (Fsp3) is 0.100. The first kappa shape index (κ1) is 13.7. The molecule has 0 unspecified atom stereocenters. The standard InChI is InChI=1S/C20H18N3/c1-15-8-7-9-16-14-21-17-10-3-4-11-18(17)23(20(15)16)19-12-5-6-13-22(19)2/h3-14H,1-2H3/q+1. The van der Waals surface area contributed by atoms with Crippen LogP contribution in [0.3, 0.4) is 0 Å². The van der Waals surface area contributed by atoms with E-state index in [1.165, 1.54) is 11.3 Å². The zero-order valence-corrected chi connectivity index (χ0v) is 13.3. The van der Waals surface area contributed by atoms with Gasteiger partial charge in [0.15, 0.2) is 5.69 Å². The zero-order valence-electron chi connectivity index (χ0n) is 13.3. The minimum absolute atomic E-state index is 0.979. The molecule has 0 N–H and O–H groups in total. The van der Waals surface area contributed by atoms with E-state index >= 15 is 0 Å². The number of rotatable bonds is 1. The van der Waals surface area contributed by atoms with Crippen LogP contribution in [0.4, 0.5) is 22.9 Å². The second-order valence-corrected chi connectivity index (χ2v) is 5.76. The van der Waals surface area contributed by atoms with Gasteiger partial charge in [-0.3, -0.25) is 4.99 Å². The molecule has 2 aromatic carbocycles. The monoisotopic (exact) mass is 300 g/mol. The SMILES string of the molecule is Cc1cccc2c1N(c1cccc[n+]1C)c1ccccc1N=C2. The number of hydrogen-bond donors (Lipinski definition) is 0. The van der Waals surface area contributed by atoms with Crippen LogP contribution in [-0.4, -0.2) is 6.21 Å². The largest absolute Gasteiger partial charge is 0.286 e. The maximum Gasteiger partial charge on any atom is 0.286 e. The Hall–Kier alpha value is -2.94. The molecule has 4 rings (SSSR count). The van der Waals surface area contributed by atoms with Gasteiger partial charge in [-0.15, -0.1) is 0 Å². The van der Waals surface area contributed by atoms with E-state index in [9.17, 15) is 0 Å². The Balaban J connectivity index is 2.08. The first-order valence-electron chi connectivity index (χ1n) is 7.73. The summed E-state index contributed by atoms with van der Waals surface area (Å²) in [7, 11) is 2.07. The van der Waals surface area contributed by atoms with E-state index < -0.39 is 0 Å². The molecule has 1 aliphatic rings. The lowest BCUT2D eigenvalue weighted by atomic mass is 10.1. The summed E-state index contributed by atoms with van der Waals surface area (Å²) >= 11 is 0. The molecule has 0 aliphatic carbocycles. The molecule has 0 bridgehead atoms. The van der Waals surface area contributed by atoms with Crippen molar-refractivity contribution in [1.82, 2.24) is 0 Å². The number of fused-ring (bicyclic) bond motifs is 2. The molecule has 0 fully saturated rings. The van der Waals surface area contributed by atoms with Gasteiger partial charge in [0, 0.05) is 17.8 Å². The highest BCUT2D eigenvalue weighted by atomic mass is 15.2. The van der Waals surface area contributed by atoms with Gasteiger partial charge >= 0.3 is 0 Å². The summed E-state index contributed by atoms with van der Waals surface area (Å²) in [6, 6.07) is 20.9. The molecule has 0 saturated carbocycles. The lowest BCUT2D eigenvalue weighted by Crippen LogP contribution is -2.35. The minimum Gasteiger partial charge on any atom is -0.252 e. The normalized spacial score (nSPS) is 12.5. The van der Waals surface area contributed by atoms with Crippen LogP contribution in [0, 0.1) is 6.92 Å². The summed E-state index contributed by atoms with van der Waals surface area (Å²) in [6.07, 6.45) is 4.03. The molecule has 0 radical (unpaired) electrons. The van der Waals surface area contributed by atoms with Gasteiger partial charge in [0.05, 0.1) is 13.2 Å². The number of aryl methyl sites for hydroxylation is 2. The summed E-state index contributed by atoms with van der Waals surface area (Å²) in [6.45, 7) is 2.15. The lowest BCUT2D eigenvalue weighted by molar-refractivity contribution is -0.658. The van der Waals surface area contributed by atoms with Crippen molar-refractivity contribution in [2.75, 3.05) is 4.90 Å².